The van der Waals surface area contributed by atoms with Crippen molar-refractivity contribution in [1.29, 1.82) is 0 Å². The van der Waals surface area contributed by atoms with Crippen LogP contribution in [0.25, 0.3) is 0 Å². The number of guanidine groups is 1. The van der Waals surface area contributed by atoms with Crippen molar-refractivity contribution in [3.05, 3.63) is 41.1 Å². The number of rotatable bonds is 7. The molecule has 2 heterocycles. The summed E-state index contributed by atoms with van der Waals surface area (Å²) in [6.07, 6.45) is 6.68. The van der Waals surface area contributed by atoms with Crippen LogP contribution in [0.3, 0.4) is 0 Å². The molecule has 0 aromatic carbocycles. The Bertz CT molecular complexity index is 518. The van der Waals surface area contributed by atoms with Crippen molar-refractivity contribution in [2.75, 3.05) is 20.1 Å². The summed E-state index contributed by atoms with van der Waals surface area (Å²) in [4.78, 5) is 9.71. The first kappa shape index (κ1) is 15.6. The van der Waals surface area contributed by atoms with Gasteiger partial charge in [0.2, 0.25) is 0 Å². The molecule has 21 heavy (non-hydrogen) atoms. The molecule has 0 fully saturated rings. The van der Waals surface area contributed by atoms with Gasteiger partial charge in [-0.1, -0.05) is 13.0 Å². The van der Waals surface area contributed by atoms with Gasteiger partial charge in [-0.15, -0.1) is 11.3 Å². The van der Waals surface area contributed by atoms with Gasteiger partial charge in [0.25, 0.3) is 0 Å². The third kappa shape index (κ3) is 5.59. The standard InChI is InChI=1S/C15H23N5S/c1-13(10-14-4-3-9-21-14)11-19-15(16-2)18-6-8-20-7-5-17-12-20/h3-5,7,9,12-13H,6,8,10-11H2,1-2H3,(H2,16,18,19). The fourth-order valence-electron chi connectivity index (χ4n) is 2.06. The van der Waals surface area contributed by atoms with Crippen LogP contribution in [0.4, 0.5) is 0 Å². The SMILES string of the molecule is CN=C(NCCn1ccnc1)NCC(C)Cc1cccs1. The van der Waals surface area contributed by atoms with Gasteiger partial charge < -0.3 is 15.2 Å². The van der Waals surface area contributed by atoms with Crippen molar-refractivity contribution >= 4 is 17.3 Å². The molecule has 0 saturated heterocycles. The Morgan fingerprint density at radius 1 is 1.48 bits per heavy atom. The Morgan fingerprint density at radius 3 is 3.05 bits per heavy atom. The summed E-state index contributed by atoms with van der Waals surface area (Å²) in [5.74, 6) is 1.43. The van der Waals surface area contributed by atoms with Gasteiger partial charge in [-0.05, 0) is 23.8 Å². The van der Waals surface area contributed by atoms with Gasteiger partial charge >= 0.3 is 0 Å². The van der Waals surface area contributed by atoms with E-state index in [4.69, 9.17) is 0 Å². The summed E-state index contributed by atoms with van der Waals surface area (Å²) in [7, 11) is 1.80. The van der Waals surface area contributed by atoms with E-state index in [1.54, 1.807) is 13.2 Å². The van der Waals surface area contributed by atoms with E-state index in [0.717, 1.165) is 32.0 Å². The van der Waals surface area contributed by atoms with E-state index in [9.17, 15) is 0 Å². The van der Waals surface area contributed by atoms with E-state index in [1.807, 2.05) is 28.4 Å². The highest BCUT2D eigenvalue weighted by Crippen LogP contribution is 2.13. The predicted octanol–water partition coefficient (Wildman–Crippen LogP) is 1.99. The Morgan fingerprint density at radius 2 is 2.38 bits per heavy atom. The van der Waals surface area contributed by atoms with Gasteiger partial charge in [0.1, 0.15) is 0 Å². The molecule has 0 amide bonds. The number of imidazole rings is 1. The first-order chi connectivity index (χ1) is 10.3. The number of aliphatic imine (C=N–C) groups is 1. The first-order valence-corrected chi connectivity index (χ1v) is 8.08. The Balaban J connectivity index is 1.65. The van der Waals surface area contributed by atoms with Crippen LogP contribution in [-0.4, -0.2) is 35.6 Å². The van der Waals surface area contributed by atoms with Crippen molar-refractivity contribution in [2.24, 2.45) is 10.9 Å². The summed E-state index contributed by atoms with van der Waals surface area (Å²) in [6, 6.07) is 4.30. The molecular weight excluding hydrogens is 282 g/mol. The van der Waals surface area contributed by atoms with Crippen LogP contribution in [0.15, 0.2) is 41.2 Å². The molecule has 0 spiro atoms. The lowest BCUT2D eigenvalue weighted by Crippen LogP contribution is -2.40. The molecule has 1 unspecified atom stereocenters. The molecule has 0 aliphatic heterocycles. The number of nitrogens with one attached hydrogen (secondary N) is 2. The average molecular weight is 305 g/mol. The van der Waals surface area contributed by atoms with E-state index in [0.29, 0.717) is 5.92 Å². The summed E-state index contributed by atoms with van der Waals surface area (Å²) in [5.41, 5.74) is 0. The molecule has 2 aromatic rings. The monoisotopic (exact) mass is 305 g/mol. The van der Waals surface area contributed by atoms with Gasteiger partial charge in [-0.25, -0.2) is 4.98 Å². The average Bonchev–Trinajstić information content (AvgIpc) is 3.16. The summed E-state index contributed by atoms with van der Waals surface area (Å²) < 4.78 is 2.04. The normalized spacial score (nSPS) is 13.1. The fraction of sp³-hybridized carbons (Fsp3) is 0.467. The van der Waals surface area contributed by atoms with Gasteiger partial charge in [0, 0.05) is 44.0 Å². The number of aromatic nitrogens is 2. The van der Waals surface area contributed by atoms with Crippen molar-refractivity contribution in [3.63, 3.8) is 0 Å². The number of hydrogen-bond acceptors (Lipinski definition) is 3. The minimum Gasteiger partial charge on any atom is -0.356 e. The van der Waals surface area contributed by atoms with E-state index in [1.165, 1.54) is 4.88 Å². The molecule has 0 radical (unpaired) electrons. The Labute approximate surface area is 130 Å². The zero-order valence-electron chi connectivity index (χ0n) is 12.6. The van der Waals surface area contributed by atoms with Gasteiger partial charge in [0.15, 0.2) is 5.96 Å². The number of thiophene rings is 1. The van der Waals surface area contributed by atoms with E-state index in [-0.39, 0.29) is 0 Å². The van der Waals surface area contributed by atoms with Crippen molar-refractivity contribution in [3.8, 4) is 0 Å². The van der Waals surface area contributed by atoms with Crippen LogP contribution in [0, 0.1) is 5.92 Å². The second-order valence-electron chi connectivity index (χ2n) is 5.07. The maximum absolute atomic E-state index is 4.25. The quantitative estimate of drug-likeness (QED) is 0.607. The summed E-state index contributed by atoms with van der Waals surface area (Å²) in [6.45, 7) is 4.88. The van der Waals surface area contributed by atoms with E-state index < -0.39 is 0 Å². The van der Waals surface area contributed by atoms with Crippen LogP contribution in [-0.2, 0) is 13.0 Å². The largest absolute Gasteiger partial charge is 0.356 e. The number of nitrogens with zero attached hydrogens (tertiary/aromatic N) is 3. The van der Waals surface area contributed by atoms with Crippen LogP contribution in [0.5, 0.6) is 0 Å². The molecule has 0 aliphatic rings. The molecule has 2 aromatic heterocycles. The molecule has 0 bridgehead atoms. The molecule has 0 saturated carbocycles. The second kappa shape index (κ2) is 8.46. The molecule has 0 aliphatic carbocycles. The smallest absolute Gasteiger partial charge is 0.191 e. The third-order valence-electron chi connectivity index (χ3n) is 3.19. The minimum atomic E-state index is 0.579. The summed E-state index contributed by atoms with van der Waals surface area (Å²) >= 11 is 1.82. The second-order valence-corrected chi connectivity index (χ2v) is 6.10. The highest BCUT2D eigenvalue weighted by atomic mass is 32.1. The molecular formula is C15H23N5S. The Hall–Kier alpha value is -1.82. The summed E-state index contributed by atoms with van der Waals surface area (Å²) in [5, 5.41) is 8.83. The van der Waals surface area contributed by atoms with Crippen molar-refractivity contribution in [2.45, 2.75) is 19.9 Å². The first-order valence-electron chi connectivity index (χ1n) is 7.20. The van der Waals surface area contributed by atoms with Crippen LogP contribution >= 0.6 is 11.3 Å². The predicted molar refractivity (Wildman–Crippen MR) is 88.8 cm³/mol. The highest BCUT2D eigenvalue weighted by Gasteiger charge is 2.05. The van der Waals surface area contributed by atoms with Crippen LogP contribution in [0.1, 0.15) is 11.8 Å². The zero-order chi connectivity index (χ0) is 14.9. The molecule has 2 N–H and O–H groups in total. The van der Waals surface area contributed by atoms with Crippen LogP contribution in [0.2, 0.25) is 0 Å². The lowest BCUT2D eigenvalue weighted by atomic mass is 10.1. The maximum Gasteiger partial charge on any atom is 0.191 e. The van der Waals surface area contributed by atoms with E-state index >= 15 is 0 Å². The lowest BCUT2D eigenvalue weighted by molar-refractivity contribution is 0.559. The number of hydrogen-bond donors (Lipinski definition) is 2. The van der Waals surface area contributed by atoms with Gasteiger partial charge in [-0.3, -0.25) is 4.99 Å². The molecule has 2 rings (SSSR count). The van der Waals surface area contributed by atoms with Crippen molar-refractivity contribution in [1.82, 2.24) is 20.2 Å². The minimum absolute atomic E-state index is 0.579. The topological polar surface area (TPSA) is 54.2 Å². The maximum atomic E-state index is 4.25. The molecule has 6 heteroatoms. The highest BCUT2D eigenvalue weighted by molar-refractivity contribution is 7.09. The van der Waals surface area contributed by atoms with Crippen molar-refractivity contribution < 1.29 is 0 Å². The third-order valence-corrected chi connectivity index (χ3v) is 4.09. The fourth-order valence-corrected chi connectivity index (χ4v) is 2.93. The lowest BCUT2D eigenvalue weighted by Gasteiger charge is -2.15. The van der Waals surface area contributed by atoms with Gasteiger partial charge in [0.05, 0.1) is 6.33 Å². The van der Waals surface area contributed by atoms with E-state index in [2.05, 4.69) is 45.0 Å². The molecule has 5 nitrogen and oxygen atoms in total. The van der Waals surface area contributed by atoms with Gasteiger partial charge in [-0.2, -0.15) is 0 Å². The molecule has 114 valence electrons. The zero-order valence-corrected chi connectivity index (χ0v) is 13.4. The molecule has 1 atom stereocenters. The Kier molecular flexibility index (Phi) is 6.27. The van der Waals surface area contributed by atoms with Crippen LogP contribution < -0.4 is 10.6 Å².